The van der Waals surface area contributed by atoms with Gasteiger partial charge < -0.3 is 5.32 Å². The first-order chi connectivity index (χ1) is 9.47. The molecule has 0 atom stereocenters. The Bertz CT molecular complexity index is 561. The molecular weight excluding hydrogens is 272 g/mol. The van der Waals surface area contributed by atoms with E-state index in [4.69, 9.17) is 5.26 Å². The first kappa shape index (κ1) is 16.1. The fourth-order valence-electron chi connectivity index (χ4n) is 1.40. The first-order valence-electron chi connectivity index (χ1n) is 6.17. The number of carbonyl (C=O) groups excluding carboxylic acids is 1. The Morgan fingerprint density at radius 2 is 2.15 bits per heavy atom. The molecule has 1 rings (SSSR count). The summed E-state index contributed by atoms with van der Waals surface area (Å²) >= 11 is 1.33. The lowest BCUT2D eigenvalue weighted by Gasteiger charge is -2.11. The number of benzene rings is 1. The van der Waals surface area contributed by atoms with Crippen molar-refractivity contribution in [3.05, 3.63) is 23.8 Å². The van der Waals surface area contributed by atoms with Gasteiger partial charge in [-0.2, -0.15) is 5.26 Å². The second kappa shape index (κ2) is 7.56. The Labute approximate surface area is 123 Å². The van der Waals surface area contributed by atoms with Crippen LogP contribution in [0.15, 0.2) is 23.2 Å². The maximum atomic E-state index is 11.8. The summed E-state index contributed by atoms with van der Waals surface area (Å²) in [5.74, 6) is -0.172. The van der Waals surface area contributed by atoms with Crippen molar-refractivity contribution in [3.63, 3.8) is 0 Å². The fourth-order valence-corrected chi connectivity index (χ4v) is 1.74. The Kier molecular flexibility index (Phi) is 6.07. The number of amidine groups is 1. The summed E-state index contributed by atoms with van der Waals surface area (Å²) in [5, 5.41) is 14.5. The van der Waals surface area contributed by atoms with Crippen LogP contribution in [0.4, 0.5) is 11.4 Å². The molecule has 0 unspecified atom stereocenters. The Hall–Kier alpha value is -2.00. The van der Waals surface area contributed by atoms with Gasteiger partial charge in [0.15, 0.2) is 11.4 Å². The number of nitrogens with one attached hydrogen (secondary N) is 2. The molecular formula is C14H18N4OS. The highest BCUT2D eigenvalue weighted by Gasteiger charge is 2.10. The van der Waals surface area contributed by atoms with Gasteiger partial charge in [0.2, 0.25) is 5.91 Å². The molecule has 0 saturated heterocycles. The second-order valence-corrected chi connectivity index (χ2v) is 5.32. The molecule has 2 N–H and O–H groups in total. The molecule has 0 heterocycles. The van der Waals surface area contributed by atoms with Gasteiger partial charge in [0, 0.05) is 5.92 Å². The van der Waals surface area contributed by atoms with Gasteiger partial charge in [0.25, 0.3) is 0 Å². The molecule has 0 spiro atoms. The highest BCUT2D eigenvalue weighted by atomic mass is 32.2. The molecule has 0 radical (unpaired) electrons. The summed E-state index contributed by atoms with van der Waals surface area (Å²) in [4.78, 5) is 16.2. The molecule has 0 aliphatic rings. The third kappa shape index (κ3) is 4.59. The predicted molar refractivity (Wildman–Crippen MR) is 84.0 cm³/mol. The average Bonchev–Trinajstić information content (AvgIpc) is 2.40. The van der Waals surface area contributed by atoms with E-state index in [2.05, 4.69) is 15.6 Å². The van der Waals surface area contributed by atoms with Crippen molar-refractivity contribution in [2.75, 3.05) is 11.6 Å². The van der Waals surface area contributed by atoms with Gasteiger partial charge in [0.05, 0.1) is 11.4 Å². The van der Waals surface area contributed by atoms with Crippen LogP contribution in [0, 0.1) is 24.3 Å². The van der Waals surface area contributed by atoms with Crippen molar-refractivity contribution in [2.45, 2.75) is 20.8 Å². The van der Waals surface area contributed by atoms with Crippen molar-refractivity contribution in [3.8, 4) is 6.19 Å². The van der Waals surface area contributed by atoms with Crippen LogP contribution in [0.1, 0.15) is 19.4 Å². The summed E-state index contributed by atoms with van der Waals surface area (Å²) in [6, 6.07) is 5.59. The molecule has 1 aromatic carbocycles. The Morgan fingerprint density at radius 1 is 1.45 bits per heavy atom. The number of anilines is 1. The number of hydrogen-bond donors (Lipinski definition) is 2. The molecule has 0 aliphatic heterocycles. The summed E-state index contributed by atoms with van der Waals surface area (Å²) < 4.78 is 0. The maximum Gasteiger partial charge on any atom is 0.226 e. The van der Waals surface area contributed by atoms with Crippen LogP contribution in [0.25, 0.3) is 0 Å². The predicted octanol–water partition coefficient (Wildman–Crippen LogP) is 3.01. The van der Waals surface area contributed by atoms with E-state index in [0.29, 0.717) is 16.5 Å². The summed E-state index contributed by atoms with van der Waals surface area (Å²) in [7, 11) is 0. The number of aliphatic imine (C=N–C) groups is 1. The van der Waals surface area contributed by atoms with Gasteiger partial charge in [-0.05, 0) is 30.9 Å². The SMILES string of the molecule is CSC(=Nc1cc(C)ccc1NC(=O)C(C)C)NC#N. The molecule has 5 nitrogen and oxygen atoms in total. The van der Waals surface area contributed by atoms with Crippen LogP contribution in [-0.2, 0) is 4.79 Å². The molecule has 1 aromatic rings. The summed E-state index contributed by atoms with van der Waals surface area (Å²) in [6.45, 7) is 5.61. The van der Waals surface area contributed by atoms with Gasteiger partial charge in [-0.1, -0.05) is 31.7 Å². The standard InChI is InChI=1S/C14H18N4OS/c1-9(2)13(19)17-11-6-5-10(3)7-12(11)18-14(20-4)16-8-15/h5-7,9H,1-4H3,(H,16,18)(H,17,19). The number of thioether (sulfide) groups is 1. The minimum Gasteiger partial charge on any atom is -0.324 e. The number of rotatable bonds is 3. The second-order valence-electron chi connectivity index (χ2n) is 4.52. The van der Waals surface area contributed by atoms with Crippen LogP contribution in [-0.4, -0.2) is 17.3 Å². The largest absolute Gasteiger partial charge is 0.324 e. The van der Waals surface area contributed by atoms with Crippen molar-refractivity contribution in [1.29, 1.82) is 5.26 Å². The molecule has 1 amide bonds. The number of aryl methyl sites for hydroxylation is 1. The first-order valence-corrected chi connectivity index (χ1v) is 7.39. The van der Waals surface area contributed by atoms with Gasteiger partial charge in [-0.25, -0.2) is 4.99 Å². The van der Waals surface area contributed by atoms with E-state index in [1.165, 1.54) is 11.8 Å². The minimum atomic E-state index is -0.106. The van der Waals surface area contributed by atoms with Crippen LogP contribution in [0.3, 0.4) is 0 Å². The lowest BCUT2D eigenvalue weighted by molar-refractivity contribution is -0.118. The number of carbonyl (C=O) groups is 1. The van der Waals surface area contributed by atoms with Crippen molar-refractivity contribution in [2.24, 2.45) is 10.9 Å². The van der Waals surface area contributed by atoms with E-state index < -0.39 is 0 Å². The highest BCUT2D eigenvalue weighted by molar-refractivity contribution is 8.13. The summed E-state index contributed by atoms with van der Waals surface area (Å²) in [5.41, 5.74) is 2.30. The summed E-state index contributed by atoms with van der Waals surface area (Å²) in [6.07, 6.45) is 3.67. The van der Waals surface area contributed by atoms with E-state index >= 15 is 0 Å². The van der Waals surface area contributed by atoms with Gasteiger partial charge >= 0.3 is 0 Å². The molecule has 106 valence electrons. The molecule has 0 aromatic heterocycles. The number of hydrogen-bond acceptors (Lipinski definition) is 4. The maximum absolute atomic E-state index is 11.8. The molecule has 0 saturated carbocycles. The third-order valence-corrected chi connectivity index (χ3v) is 3.09. The Morgan fingerprint density at radius 3 is 2.70 bits per heavy atom. The van der Waals surface area contributed by atoms with E-state index in [0.717, 1.165) is 5.56 Å². The van der Waals surface area contributed by atoms with Crippen LogP contribution in [0.5, 0.6) is 0 Å². The fraction of sp³-hybridized carbons (Fsp3) is 0.357. The topological polar surface area (TPSA) is 77.3 Å². The lowest BCUT2D eigenvalue weighted by atomic mass is 10.1. The zero-order valence-corrected chi connectivity index (χ0v) is 12.8. The normalized spacial score (nSPS) is 11.1. The van der Waals surface area contributed by atoms with Crippen LogP contribution < -0.4 is 10.6 Å². The zero-order valence-electron chi connectivity index (χ0n) is 12.0. The van der Waals surface area contributed by atoms with Gasteiger partial charge in [-0.15, -0.1) is 0 Å². The van der Waals surface area contributed by atoms with E-state index in [-0.39, 0.29) is 11.8 Å². The van der Waals surface area contributed by atoms with Crippen molar-refractivity contribution < 1.29 is 4.79 Å². The Balaban J connectivity index is 3.14. The molecule has 0 aliphatic carbocycles. The smallest absolute Gasteiger partial charge is 0.226 e. The minimum absolute atomic E-state index is 0.0655. The lowest BCUT2D eigenvalue weighted by Crippen LogP contribution is -2.18. The monoisotopic (exact) mass is 290 g/mol. The van der Waals surface area contributed by atoms with Crippen LogP contribution >= 0.6 is 11.8 Å². The van der Waals surface area contributed by atoms with Crippen molar-refractivity contribution in [1.82, 2.24) is 5.32 Å². The highest BCUT2D eigenvalue weighted by Crippen LogP contribution is 2.27. The molecule has 0 bridgehead atoms. The average molecular weight is 290 g/mol. The van der Waals surface area contributed by atoms with E-state index in [1.54, 1.807) is 0 Å². The number of nitrogens with zero attached hydrogens (tertiary/aromatic N) is 2. The zero-order chi connectivity index (χ0) is 15.1. The van der Waals surface area contributed by atoms with E-state index in [9.17, 15) is 4.79 Å². The van der Waals surface area contributed by atoms with Crippen LogP contribution in [0.2, 0.25) is 0 Å². The van der Waals surface area contributed by atoms with Gasteiger partial charge in [-0.3, -0.25) is 10.1 Å². The number of nitriles is 1. The number of amides is 1. The van der Waals surface area contributed by atoms with Crippen molar-refractivity contribution >= 4 is 34.2 Å². The quantitative estimate of drug-likeness (QED) is 0.388. The van der Waals surface area contributed by atoms with Gasteiger partial charge in [0.1, 0.15) is 0 Å². The molecule has 0 fully saturated rings. The third-order valence-electron chi connectivity index (χ3n) is 2.51. The molecule has 20 heavy (non-hydrogen) atoms. The van der Waals surface area contributed by atoms with E-state index in [1.807, 2.05) is 51.4 Å². The molecule has 6 heteroatoms.